The van der Waals surface area contributed by atoms with E-state index < -0.39 is 11.4 Å². The van der Waals surface area contributed by atoms with Crippen molar-refractivity contribution in [3.63, 3.8) is 0 Å². The minimum absolute atomic E-state index is 0.0231. The number of nitrogens with two attached hydrogens (primary N) is 1. The van der Waals surface area contributed by atoms with Crippen molar-refractivity contribution in [2.75, 3.05) is 37.8 Å². The van der Waals surface area contributed by atoms with E-state index in [1.807, 2.05) is 24.3 Å². The van der Waals surface area contributed by atoms with Crippen LogP contribution in [0, 0.1) is 5.82 Å². The molecule has 4 heterocycles. The maximum atomic E-state index is 16.6. The molecule has 0 amide bonds. The van der Waals surface area contributed by atoms with E-state index in [0.717, 1.165) is 36.7 Å². The monoisotopic (exact) mass is 549 g/mol. The molecule has 39 heavy (non-hydrogen) atoms. The number of fused-ring (bicyclic) bond motifs is 4. The van der Waals surface area contributed by atoms with Crippen LogP contribution >= 0.6 is 11.6 Å². The van der Waals surface area contributed by atoms with Gasteiger partial charge in [0.05, 0.1) is 17.2 Å². The number of nitrogens with one attached hydrogen (secondary N) is 1. The van der Waals surface area contributed by atoms with E-state index in [2.05, 4.69) is 15.2 Å². The number of benzene rings is 3. The van der Waals surface area contributed by atoms with Gasteiger partial charge < -0.3 is 30.5 Å². The minimum Gasteiger partial charge on any atom is -0.508 e. The molecular weight excluding hydrogens is 521 g/mol. The summed E-state index contributed by atoms with van der Waals surface area (Å²) in [5.41, 5.74) is 6.55. The number of nitrogens with zero attached hydrogens (tertiary/aromatic N) is 3. The van der Waals surface area contributed by atoms with E-state index >= 15 is 4.39 Å². The van der Waals surface area contributed by atoms with Crippen LogP contribution in [0.1, 0.15) is 19.3 Å². The van der Waals surface area contributed by atoms with Gasteiger partial charge in [0.2, 0.25) is 0 Å². The number of ether oxygens (including phenoxy) is 2. The zero-order valence-corrected chi connectivity index (χ0v) is 22.0. The Labute approximate surface area is 229 Å². The number of halogens is 2. The molecule has 2 bridgehead atoms. The highest BCUT2D eigenvalue weighted by Gasteiger charge is 2.35. The lowest BCUT2D eigenvalue weighted by atomic mass is 9.96. The largest absolute Gasteiger partial charge is 0.508 e. The van der Waals surface area contributed by atoms with E-state index in [4.69, 9.17) is 31.8 Å². The molecule has 10 heteroatoms. The molecule has 3 aromatic carbocycles. The maximum absolute atomic E-state index is 16.6. The Hall–Kier alpha value is -3.24. The Morgan fingerprint density at radius 3 is 2.72 bits per heavy atom. The average molecular weight is 550 g/mol. The standard InChI is InChI=1S/C29H29ClFN5O3/c30-23-11-22-26(25(31)24(23)21-10-19(37)9-16-3-1-2-4-20(16)21)34-28(39-15-29(32)7-8-38-14-29)35-27(22)36-12-17-5-6-18(13-36)33-17/h1-4,9-11,17-18,33,37H,5-8,12-15,32H2. The van der Waals surface area contributed by atoms with E-state index in [1.165, 1.54) is 6.07 Å². The van der Waals surface area contributed by atoms with Crippen molar-refractivity contribution in [2.45, 2.75) is 36.9 Å². The van der Waals surface area contributed by atoms with Gasteiger partial charge in [-0.15, -0.1) is 0 Å². The summed E-state index contributed by atoms with van der Waals surface area (Å²) in [6.07, 6.45) is 2.84. The lowest BCUT2D eigenvalue weighted by molar-refractivity contribution is 0.147. The molecule has 3 unspecified atom stereocenters. The fourth-order valence-corrected chi connectivity index (χ4v) is 6.42. The first-order valence-electron chi connectivity index (χ1n) is 13.3. The molecule has 0 saturated carbocycles. The second-order valence-electron chi connectivity index (χ2n) is 11.0. The van der Waals surface area contributed by atoms with Crippen LogP contribution in [0.2, 0.25) is 5.02 Å². The van der Waals surface area contributed by atoms with Crippen molar-refractivity contribution in [1.29, 1.82) is 0 Å². The van der Waals surface area contributed by atoms with Crippen LogP contribution in [0.4, 0.5) is 10.2 Å². The van der Waals surface area contributed by atoms with Crippen molar-refractivity contribution < 1.29 is 19.0 Å². The zero-order chi connectivity index (χ0) is 26.7. The topological polar surface area (TPSA) is 106 Å². The lowest BCUT2D eigenvalue weighted by Gasteiger charge is -2.34. The number of hydrogen-bond acceptors (Lipinski definition) is 8. The summed E-state index contributed by atoms with van der Waals surface area (Å²) < 4.78 is 28.1. The first-order chi connectivity index (χ1) is 18.9. The van der Waals surface area contributed by atoms with Gasteiger partial charge in [-0.3, -0.25) is 0 Å². The van der Waals surface area contributed by atoms with Crippen molar-refractivity contribution in [3.8, 4) is 22.9 Å². The van der Waals surface area contributed by atoms with Crippen LogP contribution in [0.25, 0.3) is 32.8 Å². The van der Waals surface area contributed by atoms with E-state index in [9.17, 15) is 5.11 Å². The highest BCUT2D eigenvalue weighted by Crippen LogP contribution is 2.43. The highest BCUT2D eigenvalue weighted by molar-refractivity contribution is 6.35. The molecule has 7 rings (SSSR count). The van der Waals surface area contributed by atoms with Crippen molar-refractivity contribution in [2.24, 2.45) is 5.73 Å². The molecule has 3 aliphatic heterocycles. The molecule has 3 fully saturated rings. The van der Waals surface area contributed by atoms with Gasteiger partial charge in [0.1, 0.15) is 23.7 Å². The Kier molecular flexibility index (Phi) is 6.00. The Bertz CT molecular complexity index is 1580. The van der Waals surface area contributed by atoms with E-state index in [0.29, 0.717) is 48.5 Å². The third-order valence-electron chi connectivity index (χ3n) is 8.10. The van der Waals surface area contributed by atoms with Gasteiger partial charge in [0.25, 0.3) is 0 Å². The molecule has 0 aliphatic carbocycles. The normalized spacial score (nSPS) is 24.6. The van der Waals surface area contributed by atoms with Gasteiger partial charge in [-0.2, -0.15) is 9.97 Å². The molecule has 0 radical (unpaired) electrons. The second-order valence-corrected chi connectivity index (χ2v) is 11.4. The van der Waals surface area contributed by atoms with Gasteiger partial charge in [-0.05, 0) is 53.8 Å². The summed E-state index contributed by atoms with van der Waals surface area (Å²) in [6.45, 7) is 2.60. The molecule has 3 atom stereocenters. The number of hydrogen-bond donors (Lipinski definition) is 3. The summed E-state index contributed by atoms with van der Waals surface area (Å²) in [6, 6.07) is 13.1. The van der Waals surface area contributed by atoms with Gasteiger partial charge in [0, 0.05) is 42.7 Å². The first kappa shape index (κ1) is 24.8. The predicted molar refractivity (Wildman–Crippen MR) is 149 cm³/mol. The predicted octanol–water partition coefficient (Wildman–Crippen LogP) is 4.39. The van der Waals surface area contributed by atoms with Gasteiger partial charge >= 0.3 is 6.01 Å². The van der Waals surface area contributed by atoms with Crippen molar-refractivity contribution in [3.05, 3.63) is 53.3 Å². The van der Waals surface area contributed by atoms with E-state index in [-0.39, 0.29) is 34.5 Å². The first-order valence-corrected chi connectivity index (χ1v) is 13.7. The van der Waals surface area contributed by atoms with Crippen molar-refractivity contribution >= 4 is 39.1 Å². The van der Waals surface area contributed by atoms with Crippen LogP contribution in [-0.4, -0.2) is 65.6 Å². The van der Waals surface area contributed by atoms with Crippen LogP contribution in [0.5, 0.6) is 11.8 Å². The van der Waals surface area contributed by atoms with Crippen LogP contribution < -0.4 is 20.7 Å². The summed E-state index contributed by atoms with van der Waals surface area (Å²) in [5.74, 6) is 0.0248. The molecular formula is C29H29ClFN5O3. The summed E-state index contributed by atoms with van der Waals surface area (Å²) in [7, 11) is 0. The van der Waals surface area contributed by atoms with E-state index in [1.54, 1.807) is 12.1 Å². The average Bonchev–Trinajstić information content (AvgIpc) is 3.51. The minimum atomic E-state index is -0.642. The molecule has 4 aromatic rings. The Morgan fingerprint density at radius 1 is 1.15 bits per heavy atom. The number of aromatic nitrogens is 2. The number of anilines is 1. The second kappa shape index (κ2) is 9.45. The van der Waals surface area contributed by atoms with Gasteiger partial charge in [-0.25, -0.2) is 4.39 Å². The molecule has 202 valence electrons. The number of aromatic hydroxyl groups is 1. The zero-order valence-electron chi connectivity index (χ0n) is 21.3. The van der Waals surface area contributed by atoms with Gasteiger partial charge in [0.15, 0.2) is 5.82 Å². The lowest BCUT2D eigenvalue weighted by Crippen LogP contribution is -2.51. The summed E-state index contributed by atoms with van der Waals surface area (Å²) >= 11 is 6.81. The van der Waals surface area contributed by atoms with Crippen LogP contribution in [0.3, 0.4) is 0 Å². The molecule has 8 nitrogen and oxygen atoms in total. The summed E-state index contributed by atoms with van der Waals surface area (Å²) in [4.78, 5) is 11.5. The number of phenolic OH excluding ortho intramolecular Hbond substituents is 1. The highest BCUT2D eigenvalue weighted by atomic mass is 35.5. The van der Waals surface area contributed by atoms with Crippen LogP contribution in [0.15, 0.2) is 42.5 Å². The quantitative estimate of drug-likeness (QED) is 0.337. The molecule has 1 aromatic heterocycles. The van der Waals surface area contributed by atoms with Crippen LogP contribution in [-0.2, 0) is 4.74 Å². The molecule has 0 spiro atoms. The molecule has 3 saturated heterocycles. The van der Waals surface area contributed by atoms with Gasteiger partial charge in [-0.1, -0.05) is 35.9 Å². The number of phenols is 1. The third-order valence-corrected chi connectivity index (χ3v) is 8.39. The Balaban J connectivity index is 1.40. The molecule has 3 aliphatic rings. The number of rotatable bonds is 5. The molecule has 4 N–H and O–H groups in total. The number of piperazine rings is 1. The fraction of sp³-hybridized carbons (Fsp3) is 0.379. The van der Waals surface area contributed by atoms with Crippen molar-refractivity contribution in [1.82, 2.24) is 15.3 Å². The maximum Gasteiger partial charge on any atom is 0.319 e. The Morgan fingerprint density at radius 2 is 1.95 bits per heavy atom. The smallest absolute Gasteiger partial charge is 0.319 e. The summed E-state index contributed by atoms with van der Waals surface area (Å²) in [5, 5.41) is 16.3. The SMILES string of the molecule is NC1(COc2nc(N3CC4CCC(C3)N4)c3cc(Cl)c(-c4cc(O)cc5ccccc45)c(F)c3n2)CCOC1. The fourth-order valence-electron chi connectivity index (χ4n) is 6.13. The third kappa shape index (κ3) is 4.43.